The summed E-state index contributed by atoms with van der Waals surface area (Å²) >= 11 is 2.04. The zero-order valence-corrected chi connectivity index (χ0v) is 21.0. The molecule has 2 heterocycles. The molecule has 0 aromatic heterocycles. The Kier molecular flexibility index (Phi) is 11.9. The van der Waals surface area contributed by atoms with Gasteiger partial charge in [-0.3, -0.25) is 9.89 Å². The molecule has 0 radical (unpaired) electrons. The zero-order valence-electron chi connectivity index (χ0n) is 17.8. The van der Waals surface area contributed by atoms with Gasteiger partial charge in [0.1, 0.15) is 5.60 Å². The molecule has 28 heavy (non-hydrogen) atoms. The summed E-state index contributed by atoms with van der Waals surface area (Å²) in [5, 5.41) is 7.45. The van der Waals surface area contributed by atoms with Crippen molar-refractivity contribution in [2.75, 3.05) is 58.1 Å². The van der Waals surface area contributed by atoms with Gasteiger partial charge in [-0.25, -0.2) is 4.79 Å². The van der Waals surface area contributed by atoms with Crippen LogP contribution in [0.4, 0.5) is 4.79 Å². The molecule has 0 bridgehead atoms. The third-order valence-corrected chi connectivity index (χ3v) is 5.95. The van der Waals surface area contributed by atoms with Crippen molar-refractivity contribution in [2.45, 2.75) is 51.4 Å². The van der Waals surface area contributed by atoms with Crippen LogP contribution in [0, 0.1) is 0 Å². The lowest BCUT2D eigenvalue weighted by Gasteiger charge is -2.35. The molecular formula is C19H38IN5O2S. The number of hydrogen-bond donors (Lipinski definition) is 2. The maximum atomic E-state index is 12.1. The van der Waals surface area contributed by atoms with Gasteiger partial charge in [0.2, 0.25) is 0 Å². The monoisotopic (exact) mass is 527 g/mol. The molecule has 2 aliphatic heterocycles. The molecule has 1 atom stereocenters. The molecule has 0 aromatic rings. The minimum atomic E-state index is -0.433. The van der Waals surface area contributed by atoms with Crippen LogP contribution in [0.2, 0.25) is 0 Å². The largest absolute Gasteiger partial charge is 0.444 e. The average molecular weight is 528 g/mol. The van der Waals surface area contributed by atoms with Gasteiger partial charge >= 0.3 is 6.09 Å². The first-order valence-corrected chi connectivity index (χ1v) is 11.3. The molecule has 2 aliphatic rings. The standard InChI is InChI=1S/C19H37N5O2S.HI/c1-5-20-17(22-15-16-7-6-14-27-16)21-8-9-23-10-12-24(13-11-23)18(25)26-19(2,3)4;/h16H,5-15H2,1-4H3,(H2,20,21,22);1H. The fourth-order valence-corrected chi connectivity index (χ4v) is 4.32. The van der Waals surface area contributed by atoms with Crippen LogP contribution in [0.25, 0.3) is 0 Å². The van der Waals surface area contributed by atoms with Crippen molar-refractivity contribution >= 4 is 47.8 Å². The molecule has 2 saturated heterocycles. The Morgan fingerprint density at radius 1 is 1.21 bits per heavy atom. The molecule has 1 amide bonds. The number of halogens is 1. The van der Waals surface area contributed by atoms with Crippen LogP contribution in [-0.2, 0) is 4.74 Å². The lowest BCUT2D eigenvalue weighted by Crippen LogP contribution is -2.51. The number of amides is 1. The van der Waals surface area contributed by atoms with E-state index in [4.69, 9.17) is 9.73 Å². The smallest absolute Gasteiger partial charge is 0.410 e. The van der Waals surface area contributed by atoms with Gasteiger partial charge in [-0.1, -0.05) is 0 Å². The highest BCUT2D eigenvalue weighted by Crippen LogP contribution is 2.25. The van der Waals surface area contributed by atoms with E-state index in [-0.39, 0.29) is 30.1 Å². The van der Waals surface area contributed by atoms with Crippen LogP contribution in [0.5, 0.6) is 0 Å². The Balaban J connectivity index is 0.00000392. The Morgan fingerprint density at radius 2 is 1.93 bits per heavy atom. The first-order chi connectivity index (χ1) is 12.9. The van der Waals surface area contributed by atoms with Crippen LogP contribution >= 0.6 is 35.7 Å². The molecule has 0 spiro atoms. The quantitative estimate of drug-likeness (QED) is 0.315. The molecule has 1 unspecified atom stereocenters. The molecule has 7 nitrogen and oxygen atoms in total. The van der Waals surface area contributed by atoms with Gasteiger partial charge in [-0.05, 0) is 46.3 Å². The summed E-state index contributed by atoms with van der Waals surface area (Å²) in [5.74, 6) is 2.19. The number of piperazine rings is 1. The Morgan fingerprint density at radius 3 is 2.50 bits per heavy atom. The van der Waals surface area contributed by atoms with Crippen LogP contribution < -0.4 is 10.6 Å². The van der Waals surface area contributed by atoms with Crippen LogP contribution in [-0.4, -0.2) is 90.8 Å². The van der Waals surface area contributed by atoms with Crippen molar-refractivity contribution in [3.8, 4) is 0 Å². The van der Waals surface area contributed by atoms with Crippen molar-refractivity contribution in [1.29, 1.82) is 0 Å². The van der Waals surface area contributed by atoms with Gasteiger partial charge in [-0.2, -0.15) is 11.8 Å². The molecular weight excluding hydrogens is 489 g/mol. The molecule has 0 saturated carbocycles. The number of nitrogens with zero attached hydrogens (tertiary/aromatic N) is 3. The molecule has 2 rings (SSSR count). The Labute approximate surface area is 191 Å². The summed E-state index contributed by atoms with van der Waals surface area (Å²) in [7, 11) is 0. The first-order valence-electron chi connectivity index (χ1n) is 10.2. The van der Waals surface area contributed by atoms with Gasteiger partial charge in [0.15, 0.2) is 5.96 Å². The number of carbonyl (C=O) groups is 1. The van der Waals surface area contributed by atoms with Gasteiger partial charge in [0.05, 0.1) is 6.54 Å². The van der Waals surface area contributed by atoms with E-state index in [1.807, 2.05) is 32.5 Å². The average Bonchev–Trinajstić information content (AvgIpc) is 3.12. The summed E-state index contributed by atoms with van der Waals surface area (Å²) in [6, 6.07) is 0. The van der Waals surface area contributed by atoms with E-state index in [2.05, 4.69) is 22.5 Å². The van der Waals surface area contributed by atoms with Crippen molar-refractivity contribution in [3.63, 3.8) is 0 Å². The third kappa shape index (κ3) is 9.87. The minimum Gasteiger partial charge on any atom is -0.444 e. The number of rotatable bonds is 6. The van der Waals surface area contributed by atoms with E-state index in [0.717, 1.165) is 58.3 Å². The maximum Gasteiger partial charge on any atom is 0.410 e. The molecule has 2 fully saturated rings. The number of hydrogen-bond acceptors (Lipinski definition) is 5. The van der Waals surface area contributed by atoms with E-state index < -0.39 is 5.60 Å². The van der Waals surface area contributed by atoms with Crippen molar-refractivity contribution in [3.05, 3.63) is 0 Å². The van der Waals surface area contributed by atoms with Crippen LogP contribution in [0.3, 0.4) is 0 Å². The minimum absolute atomic E-state index is 0. The van der Waals surface area contributed by atoms with E-state index in [1.165, 1.54) is 18.6 Å². The Hall–Kier alpha value is -0.420. The number of nitrogens with one attached hydrogen (secondary N) is 2. The summed E-state index contributed by atoms with van der Waals surface area (Å²) in [4.78, 5) is 21.0. The highest BCUT2D eigenvalue weighted by molar-refractivity contribution is 14.0. The van der Waals surface area contributed by atoms with E-state index in [9.17, 15) is 4.79 Å². The fraction of sp³-hybridized carbons (Fsp3) is 0.895. The van der Waals surface area contributed by atoms with Gasteiger partial charge in [-0.15, -0.1) is 24.0 Å². The number of thioether (sulfide) groups is 1. The van der Waals surface area contributed by atoms with E-state index in [0.29, 0.717) is 5.25 Å². The number of aliphatic imine (C=N–C) groups is 1. The number of guanidine groups is 1. The first kappa shape index (κ1) is 25.6. The van der Waals surface area contributed by atoms with E-state index in [1.54, 1.807) is 4.90 Å². The molecule has 2 N–H and O–H groups in total. The third-order valence-electron chi connectivity index (χ3n) is 4.57. The predicted octanol–water partition coefficient (Wildman–Crippen LogP) is 2.61. The van der Waals surface area contributed by atoms with Crippen molar-refractivity contribution < 1.29 is 9.53 Å². The van der Waals surface area contributed by atoms with Gasteiger partial charge < -0.3 is 20.3 Å². The topological polar surface area (TPSA) is 69.2 Å². The van der Waals surface area contributed by atoms with Gasteiger partial charge in [0, 0.05) is 51.1 Å². The summed E-state index contributed by atoms with van der Waals surface area (Å²) in [6.45, 7) is 14.6. The van der Waals surface area contributed by atoms with Gasteiger partial charge in [0.25, 0.3) is 0 Å². The van der Waals surface area contributed by atoms with Crippen molar-refractivity contribution in [2.24, 2.45) is 4.99 Å². The highest BCUT2D eigenvalue weighted by atomic mass is 127. The maximum absolute atomic E-state index is 12.1. The van der Waals surface area contributed by atoms with Crippen LogP contribution in [0.1, 0.15) is 40.5 Å². The molecule has 0 aliphatic carbocycles. The molecule has 0 aromatic carbocycles. The number of carbonyl (C=O) groups excluding carboxylic acids is 1. The predicted molar refractivity (Wildman–Crippen MR) is 129 cm³/mol. The van der Waals surface area contributed by atoms with E-state index >= 15 is 0 Å². The lowest BCUT2D eigenvalue weighted by atomic mass is 10.2. The SMILES string of the molecule is CCNC(=NCC1CCCS1)NCCN1CCN(C(=O)OC(C)(C)C)CC1.I. The number of ether oxygens (including phenoxy) is 1. The lowest BCUT2D eigenvalue weighted by molar-refractivity contribution is 0.0147. The normalized spacial score (nSPS) is 21.2. The summed E-state index contributed by atoms with van der Waals surface area (Å²) in [6.07, 6.45) is 2.41. The van der Waals surface area contributed by atoms with Crippen LogP contribution in [0.15, 0.2) is 4.99 Å². The Bertz CT molecular complexity index is 487. The highest BCUT2D eigenvalue weighted by Gasteiger charge is 2.25. The second-order valence-electron chi connectivity index (χ2n) is 8.09. The second kappa shape index (κ2) is 13.0. The molecule has 9 heteroatoms. The zero-order chi connectivity index (χ0) is 19.7. The molecule has 164 valence electrons. The summed E-state index contributed by atoms with van der Waals surface area (Å²) < 4.78 is 5.45. The second-order valence-corrected chi connectivity index (χ2v) is 9.50. The fourth-order valence-electron chi connectivity index (χ4n) is 3.14. The van der Waals surface area contributed by atoms with Crippen molar-refractivity contribution in [1.82, 2.24) is 20.4 Å². The summed E-state index contributed by atoms with van der Waals surface area (Å²) in [5.41, 5.74) is -0.433.